The molecule has 0 amide bonds. The van der Waals surface area contributed by atoms with Gasteiger partial charge in [0.25, 0.3) is 0 Å². The van der Waals surface area contributed by atoms with Crippen LogP contribution in [0.25, 0.3) is 0 Å². The van der Waals surface area contributed by atoms with Gasteiger partial charge in [-0.05, 0) is 18.8 Å². The smallest absolute Gasteiger partial charge is 0.104 e. The summed E-state index contributed by atoms with van der Waals surface area (Å²) >= 11 is 0. The van der Waals surface area contributed by atoms with Crippen molar-refractivity contribution >= 4 is 0 Å². The molecule has 0 heterocycles. The van der Waals surface area contributed by atoms with Crippen LogP contribution in [0.2, 0.25) is 0 Å². The van der Waals surface area contributed by atoms with Crippen LogP contribution in [0.3, 0.4) is 0 Å². The van der Waals surface area contributed by atoms with E-state index in [9.17, 15) is 0 Å². The second-order valence-electron chi connectivity index (χ2n) is 6.45. The maximum Gasteiger partial charge on any atom is 0.104 e. The van der Waals surface area contributed by atoms with E-state index in [4.69, 9.17) is 4.74 Å². The van der Waals surface area contributed by atoms with Gasteiger partial charge in [0.2, 0.25) is 0 Å². The van der Waals surface area contributed by atoms with E-state index in [2.05, 4.69) is 58.3 Å². The second kappa shape index (κ2) is 8.34. The van der Waals surface area contributed by atoms with Gasteiger partial charge in [0, 0.05) is 12.2 Å². The quantitative estimate of drug-likeness (QED) is 0.488. The minimum absolute atomic E-state index is 0.786. The van der Waals surface area contributed by atoms with E-state index in [-0.39, 0.29) is 0 Å². The first-order valence-electron chi connectivity index (χ1n) is 7.43. The van der Waals surface area contributed by atoms with Gasteiger partial charge in [-0.1, -0.05) is 44.2 Å². The summed E-state index contributed by atoms with van der Waals surface area (Å²) in [5.41, 5.74) is 1.40. The van der Waals surface area contributed by atoms with Crippen LogP contribution in [-0.2, 0) is 11.3 Å². The van der Waals surface area contributed by atoms with Crippen LogP contribution < -0.4 is 0 Å². The Bertz CT molecular complexity index is 332. The molecule has 0 unspecified atom stereocenters. The number of hydrogen-bond donors (Lipinski definition) is 0. The summed E-state index contributed by atoms with van der Waals surface area (Å²) in [6.45, 7) is 8.42. The Labute approximate surface area is 119 Å². The van der Waals surface area contributed by atoms with Gasteiger partial charge in [-0.25, -0.2) is 0 Å². The van der Waals surface area contributed by atoms with Crippen molar-refractivity contribution in [2.75, 3.05) is 33.9 Å². The van der Waals surface area contributed by atoms with Gasteiger partial charge in [0.15, 0.2) is 0 Å². The number of quaternary nitrogens is 1. The second-order valence-corrected chi connectivity index (χ2v) is 6.45. The van der Waals surface area contributed by atoms with Crippen LogP contribution in [0.5, 0.6) is 0 Å². The Morgan fingerprint density at radius 2 is 1.74 bits per heavy atom. The Morgan fingerprint density at radius 1 is 1.05 bits per heavy atom. The molecule has 0 N–H and O–H groups in total. The fraction of sp³-hybridized carbons (Fsp3) is 0.647. The summed E-state index contributed by atoms with van der Waals surface area (Å²) < 4.78 is 6.72. The molecule has 1 aromatic carbocycles. The maximum atomic E-state index is 5.74. The molecule has 19 heavy (non-hydrogen) atoms. The number of rotatable bonds is 9. The maximum absolute atomic E-state index is 5.74. The first-order valence-corrected chi connectivity index (χ1v) is 7.43. The average Bonchev–Trinajstić information content (AvgIpc) is 2.34. The van der Waals surface area contributed by atoms with Crippen LogP contribution in [0.4, 0.5) is 0 Å². The van der Waals surface area contributed by atoms with Crippen LogP contribution in [0, 0.1) is 5.92 Å². The number of benzene rings is 1. The van der Waals surface area contributed by atoms with Gasteiger partial charge in [-0.3, -0.25) is 0 Å². The molecule has 0 radical (unpaired) electrons. The number of likely N-dealkylation sites (N-methyl/N-ethyl adjacent to an activating group) is 1. The number of nitrogens with zero attached hydrogens (tertiary/aromatic N) is 1. The molecule has 2 nitrogen and oxygen atoms in total. The van der Waals surface area contributed by atoms with E-state index in [1.165, 1.54) is 18.4 Å². The SMILES string of the molecule is CC(C)CCCOCC[N+](C)(C)Cc1ccccc1. The molecule has 0 aliphatic heterocycles. The molecule has 0 aliphatic rings. The van der Waals surface area contributed by atoms with Crippen LogP contribution in [0.15, 0.2) is 30.3 Å². The van der Waals surface area contributed by atoms with Crippen molar-refractivity contribution in [3.8, 4) is 0 Å². The molecule has 108 valence electrons. The van der Waals surface area contributed by atoms with Gasteiger partial charge < -0.3 is 9.22 Å². The summed E-state index contributed by atoms with van der Waals surface area (Å²) in [5.74, 6) is 0.786. The fourth-order valence-corrected chi connectivity index (χ4v) is 2.16. The lowest BCUT2D eigenvalue weighted by atomic mass is 10.1. The highest BCUT2D eigenvalue weighted by Crippen LogP contribution is 2.09. The Balaban J connectivity index is 2.16. The normalized spacial score (nSPS) is 12.1. The molecule has 0 saturated heterocycles. The Morgan fingerprint density at radius 3 is 2.37 bits per heavy atom. The van der Waals surface area contributed by atoms with Crippen LogP contribution in [-0.4, -0.2) is 38.3 Å². The van der Waals surface area contributed by atoms with Crippen molar-refractivity contribution in [1.29, 1.82) is 0 Å². The predicted molar refractivity (Wildman–Crippen MR) is 82.0 cm³/mol. The van der Waals surface area contributed by atoms with Crippen molar-refractivity contribution in [3.05, 3.63) is 35.9 Å². The molecule has 0 aromatic heterocycles. The molecule has 1 rings (SSSR count). The van der Waals surface area contributed by atoms with Crippen molar-refractivity contribution in [2.45, 2.75) is 33.2 Å². The van der Waals surface area contributed by atoms with Crippen molar-refractivity contribution in [1.82, 2.24) is 0 Å². The third-order valence-corrected chi connectivity index (χ3v) is 3.36. The zero-order valence-electron chi connectivity index (χ0n) is 13.1. The lowest BCUT2D eigenvalue weighted by Gasteiger charge is -2.29. The Kier molecular flexibility index (Phi) is 7.11. The summed E-state index contributed by atoms with van der Waals surface area (Å²) in [6, 6.07) is 10.7. The molecule has 0 spiro atoms. The van der Waals surface area contributed by atoms with Crippen molar-refractivity contribution < 1.29 is 9.22 Å². The van der Waals surface area contributed by atoms with Crippen LogP contribution in [0.1, 0.15) is 32.3 Å². The van der Waals surface area contributed by atoms with Crippen molar-refractivity contribution in [3.63, 3.8) is 0 Å². The number of hydrogen-bond acceptors (Lipinski definition) is 1. The molecular formula is C17H30NO+. The van der Waals surface area contributed by atoms with Gasteiger partial charge in [-0.2, -0.15) is 0 Å². The zero-order valence-corrected chi connectivity index (χ0v) is 13.1. The summed E-state index contributed by atoms with van der Waals surface area (Å²) in [4.78, 5) is 0. The van der Waals surface area contributed by atoms with E-state index in [1.807, 2.05) is 0 Å². The zero-order chi connectivity index (χ0) is 14.1. The molecule has 1 aromatic rings. The van der Waals surface area contributed by atoms with E-state index in [0.29, 0.717) is 0 Å². The first kappa shape index (κ1) is 16.2. The van der Waals surface area contributed by atoms with Gasteiger partial charge in [0.05, 0.1) is 20.7 Å². The summed E-state index contributed by atoms with van der Waals surface area (Å²) in [6.07, 6.45) is 2.45. The summed E-state index contributed by atoms with van der Waals surface area (Å²) in [5, 5.41) is 0. The first-order chi connectivity index (χ1) is 8.99. The highest BCUT2D eigenvalue weighted by atomic mass is 16.5. The lowest BCUT2D eigenvalue weighted by Crippen LogP contribution is -2.41. The third kappa shape index (κ3) is 8.02. The van der Waals surface area contributed by atoms with E-state index < -0.39 is 0 Å². The largest absolute Gasteiger partial charge is 0.376 e. The minimum atomic E-state index is 0.786. The molecule has 0 fully saturated rings. The van der Waals surface area contributed by atoms with Gasteiger partial charge in [-0.15, -0.1) is 0 Å². The topological polar surface area (TPSA) is 9.23 Å². The number of ether oxygens (including phenoxy) is 1. The highest BCUT2D eigenvalue weighted by molar-refractivity contribution is 5.13. The third-order valence-electron chi connectivity index (χ3n) is 3.36. The summed E-state index contributed by atoms with van der Waals surface area (Å²) in [7, 11) is 4.54. The molecule has 0 atom stereocenters. The van der Waals surface area contributed by atoms with Crippen LogP contribution >= 0.6 is 0 Å². The van der Waals surface area contributed by atoms with Gasteiger partial charge >= 0.3 is 0 Å². The van der Waals surface area contributed by atoms with Crippen molar-refractivity contribution in [2.24, 2.45) is 5.92 Å². The van der Waals surface area contributed by atoms with E-state index in [1.54, 1.807) is 0 Å². The van der Waals surface area contributed by atoms with E-state index >= 15 is 0 Å². The Hall–Kier alpha value is -0.860. The lowest BCUT2D eigenvalue weighted by molar-refractivity contribution is -0.904. The molecule has 0 bridgehead atoms. The predicted octanol–water partition coefficient (Wildman–Crippen LogP) is 3.72. The van der Waals surface area contributed by atoms with E-state index in [0.717, 1.165) is 36.7 Å². The monoisotopic (exact) mass is 264 g/mol. The minimum Gasteiger partial charge on any atom is -0.376 e. The molecule has 2 heteroatoms. The van der Waals surface area contributed by atoms with Gasteiger partial charge in [0.1, 0.15) is 13.1 Å². The molecule has 0 aliphatic carbocycles. The average molecular weight is 264 g/mol. The molecule has 0 saturated carbocycles. The standard InChI is InChI=1S/C17H30NO/c1-16(2)9-8-13-19-14-12-18(3,4)15-17-10-6-5-7-11-17/h5-7,10-11,16H,8-9,12-15H2,1-4H3/q+1. The molecular weight excluding hydrogens is 234 g/mol. The fourth-order valence-electron chi connectivity index (χ4n) is 2.16. The highest BCUT2D eigenvalue weighted by Gasteiger charge is 2.15.